The van der Waals surface area contributed by atoms with Gasteiger partial charge in [-0.2, -0.15) is 0 Å². The molecule has 0 aliphatic heterocycles. The predicted octanol–water partition coefficient (Wildman–Crippen LogP) is 4.27. The van der Waals surface area contributed by atoms with Crippen LogP contribution in [0.1, 0.15) is 62.5 Å². The van der Waals surface area contributed by atoms with Crippen LogP contribution in [0.5, 0.6) is 0 Å². The Hall–Kier alpha value is -0.410. The lowest BCUT2D eigenvalue weighted by molar-refractivity contribution is 0.0677. The van der Waals surface area contributed by atoms with Gasteiger partial charge in [-0.05, 0) is 51.0 Å². The van der Waals surface area contributed by atoms with E-state index in [-0.39, 0.29) is 5.54 Å². The predicted molar refractivity (Wildman–Crippen MR) is 83.8 cm³/mol. The van der Waals surface area contributed by atoms with Crippen LogP contribution in [0.2, 0.25) is 0 Å². The van der Waals surface area contributed by atoms with Crippen LogP contribution in [0.25, 0.3) is 0 Å². The fraction of sp³-hybridized carbons (Fsp3) is 0.812. The van der Waals surface area contributed by atoms with Gasteiger partial charge in [-0.15, -0.1) is 11.3 Å². The Morgan fingerprint density at radius 1 is 1.37 bits per heavy atom. The second-order valence-corrected chi connectivity index (χ2v) is 7.50. The molecule has 1 saturated carbocycles. The van der Waals surface area contributed by atoms with Crippen molar-refractivity contribution in [2.45, 2.75) is 65.8 Å². The molecule has 19 heavy (non-hydrogen) atoms. The molecule has 3 heteroatoms. The first-order chi connectivity index (χ1) is 9.02. The lowest BCUT2D eigenvalue weighted by Gasteiger charge is -2.49. The highest BCUT2D eigenvalue weighted by atomic mass is 32.1. The second-order valence-electron chi connectivity index (χ2n) is 6.30. The second kappa shape index (κ2) is 5.92. The van der Waals surface area contributed by atoms with Gasteiger partial charge >= 0.3 is 0 Å². The van der Waals surface area contributed by atoms with E-state index in [1.165, 1.54) is 34.8 Å². The molecule has 0 radical (unpaired) electrons. The van der Waals surface area contributed by atoms with Crippen LogP contribution in [0.15, 0.2) is 0 Å². The molecule has 0 saturated heterocycles. The highest BCUT2D eigenvalue weighted by Crippen LogP contribution is 2.50. The molecule has 0 amide bonds. The molecule has 0 aromatic carbocycles. The number of aryl methyl sites for hydroxylation is 2. The van der Waals surface area contributed by atoms with Crippen molar-refractivity contribution in [2.75, 3.05) is 6.54 Å². The summed E-state index contributed by atoms with van der Waals surface area (Å²) in [6.45, 7) is 12.5. The monoisotopic (exact) mass is 280 g/mol. The molecule has 2 rings (SSSR count). The van der Waals surface area contributed by atoms with E-state index in [0.717, 1.165) is 24.8 Å². The summed E-state index contributed by atoms with van der Waals surface area (Å²) in [5, 5.41) is 5.14. The molecule has 1 N–H and O–H groups in total. The molecule has 108 valence electrons. The zero-order chi connectivity index (χ0) is 14.0. The van der Waals surface area contributed by atoms with E-state index in [9.17, 15) is 0 Å². The standard InChI is InChI=1S/C16H28N2S/c1-6-8-17-16(9-13(10-16)11(3)4)15-18-14(7-2)12(5)19-15/h11,13,17H,6-10H2,1-5H3. The van der Waals surface area contributed by atoms with Crippen molar-refractivity contribution < 1.29 is 0 Å². The van der Waals surface area contributed by atoms with Gasteiger partial charge < -0.3 is 5.32 Å². The van der Waals surface area contributed by atoms with Gasteiger partial charge in [0.1, 0.15) is 5.01 Å². The summed E-state index contributed by atoms with van der Waals surface area (Å²) < 4.78 is 0. The van der Waals surface area contributed by atoms with Crippen LogP contribution in [0, 0.1) is 18.8 Å². The molecular weight excluding hydrogens is 252 g/mol. The molecular formula is C16H28N2S. The van der Waals surface area contributed by atoms with Crippen molar-refractivity contribution in [1.82, 2.24) is 10.3 Å². The average Bonchev–Trinajstić information content (AvgIpc) is 2.69. The van der Waals surface area contributed by atoms with Crippen molar-refractivity contribution in [2.24, 2.45) is 11.8 Å². The van der Waals surface area contributed by atoms with Crippen LogP contribution in [0.4, 0.5) is 0 Å². The van der Waals surface area contributed by atoms with Gasteiger partial charge in [-0.25, -0.2) is 4.98 Å². The number of nitrogens with zero attached hydrogens (tertiary/aromatic N) is 1. The molecule has 1 heterocycles. The van der Waals surface area contributed by atoms with Crippen LogP contribution in [-0.4, -0.2) is 11.5 Å². The molecule has 0 unspecified atom stereocenters. The first-order valence-corrected chi connectivity index (χ1v) is 8.55. The van der Waals surface area contributed by atoms with E-state index in [2.05, 4.69) is 39.9 Å². The number of hydrogen-bond acceptors (Lipinski definition) is 3. The topological polar surface area (TPSA) is 24.9 Å². The molecule has 1 fully saturated rings. The minimum absolute atomic E-state index is 0.188. The van der Waals surface area contributed by atoms with Crippen LogP contribution >= 0.6 is 11.3 Å². The van der Waals surface area contributed by atoms with E-state index >= 15 is 0 Å². The zero-order valence-electron chi connectivity index (χ0n) is 13.0. The Labute approximate surface area is 122 Å². The van der Waals surface area contributed by atoms with Crippen molar-refractivity contribution in [3.8, 4) is 0 Å². The third-order valence-electron chi connectivity index (χ3n) is 4.51. The molecule has 1 aliphatic carbocycles. The molecule has 2 nitrogen and oxygen atoms in total. The minimum Gasteiger partial charge on any atom is -0.305 e. The molecule has 0 bridgehead atoms. The summed E-state index contributed by atoms with van der Waals surface area (Å²) in [6, 6.07) is 0. The van der Waals surface area contributed by atoms with Gasteiger partial charge in [0.2, 0.25) is 0 Å². The van der Waals surface area contributed by atoms with Gasteiger partial charge in [0.15, 0.2) is 0 Å². The Balaban J connectivity index is 2.18. The van der Waals surface area contributed by atoms with E-state index < -0.39 is 0 Å². The highest BCUT2D eigenvalue weighted by Gasteiger charge is 2.48. The normalized spacial score (nSPS) is 26.7. The first kappa shape index (κ1) is 15.0. The fourth-order valence-electron chi connectivity index (χ4n) is 3.03. The van der Waals surface area contributed by atoms with Gasteiger partial charge in [0.25, 0.3) is 0 Å². The SMILES string of the molecule is CCCNC1(c2nc(CC)c(C)s2)CC(C(C)C)C1. The van der Waals surface area contributed by atoms with Gasteiger partial charge in [-0.1, -0.05) is 27.7 Å². The van der Waals surface area contributed by atoms with Crippen molar-refractivity contribution in [3.05, 3.63) is 15.6 Å². The third-order valence-corrected chi connectivity index (χ3v) is 5.73. The van der Waals surface area contributed by atoms with Crippen LogP contribution in [-0.2, 0) is 12.0 Å². The van der Waals surface area contributed by atoms with Crippen molar-refractivity contribution in [3.63, 3.8) is 0 Å². The van der Waals surface area contributed by atoms with Crippen molar-refractivity contribution >= 4 is 11.3 Å². The summed E-state index contributed by atoms with van der Waals surface area (Å²) >= 11 is 1.91. The Morgan fingerprint density at radius 3 is 2.53 bits per heavy atom. The summed E-state index contributed by atoms with van der Waals surface area (Å²) in [7, 11) is 0. The Bertz CT molecular complexity index is 416. The van der Waals surface area contributed by atoms with E-state index in [4.69, 9.17) is 4.98 Å². The molecule has 1 aromatic rings. The maximum Gasteiger partial charge on any atom is 0.113 e. The largest absolute Gasteiger partial charge is 0.305 e. The van der Waals surface area contributed by atoms with Crippen LogP contribution in [0.3, 0.4) is 0 Å². The third kappa shape index (κ3) is 2.87. The van der Waals surface area contributed by atoms with Gasteiger partial charge in [-0.3, -0.25) is 0 Å². The maximum atomic E-state index is 4.93. The van der Waals surface area contributed by atoms with E-state index in [1.807, 2.05) is 11.3 Å². The first-order valence-electron chi connectivity index (χ1n) is 7.74. The average molecular weight is 280 g/mol. The lowest BCUT2D eigenvalue weighted by Crippen LogP contribution is -2.54. The number of hydrogen-bond donors (Lipinski definition) is 1. The Kier molecular flexibility index (Phi) is 4.67. The number of rotatable bonds is 6. The Morgan fingerprint density at radius 2 is 2.05 bits per heavy atom. The van der Waals surface area contributed by atoms with Crippen molar-refractivity contribution in [1.29, 1.82) is 0 Å². The molecule has 0 spiro atoms. The fourth-order valence-corrected chi connectivity index (χ4v) is 4.21. The van der Waals surface area contributed by atoms with Crippen LogP contribution < -0.4 is 5.32 Å². The number of thiazole rings is 1. The van der Waals surface area contributed by atoms with Gasteiger partial charge in [0.05, 0.1) is 11.2 Å². The lowest BCUT2D eigenvalue weighted by atomic mass is 9.64. The zero-order valence-corrected chi connectivity index (χ0v) is 13.9. The smallest absolute Gasteiger partial charge is 0.113 e. The quantitative estimate of drug-likeness (QED) is 0.841. The number of aromatic nitrogens is 1. The maximum absolute atomic E-state index is 4.93. The summed E-state index contributed by atoms with van der Waals surface area (Å²) in [5.41, 5.74) is 1.49. The molecule has 1 aliphatic rings. The molecule has 1 aromatic heterocycles. The molecule has 0 atom stereocenters. The minimum atomic E-state index is 0.188. The van der Waals surface area contributed by atoms with E-state index in [1.54, 1.807) is 0 Å². The summed E-state index contributed by atoms with van der Waals surface area (Å²) in [6.07, 6.45) is 4.78. The summed E-state index contributed by atoms with van der Waals surface area (Å²) in [4.78, 5) is 6.33. The summed E-state index contributed by atoms with van der Waals surface area (Å²) in [5.74, 6) is 1.65. The highest BCUT2D eigenvalue weighted by molar-refractivity contribution is 7.11. The van der Waals surface area contributed by atoms with Gasteiger partial charge in [0, 0.05) is 4.88 Å². The number of nitrogens with one attached hydrogen (secondary N) is 1. The van der Waals surface area contributed by atoms with E-state index in [0.29, 0.717) is 0 Å².